The average molecular weight is 416 g/mol. The molecular formula is C24H22N3PS. The predicted molar refractivity (Wildman–Crippen MR) is 130 cm³/mol. The van der Waals surface area contributed by atoms with Crippen LogP contribution >= 0.6 is 6.34 Å². The fourth-order valence-corrected chi connectivity index (χ4v) is 5.89. The van der Waals surface area contributed by atoms with Crippen LogP contribution in [0.5, 0.6) is 0 Å². The lowest BCUT2D eigenvalue weighted by atomic mass is 10.3. The van der Waals surface area contributed by atoms with Crippen LogP contribution in [0.2, 0.25) is 0 Å². The second-order valence-corrected chi connectivity index (χ2v) is 10.4. The molecule has 4 aromatic rings. The molecule has 4 aromatic carbocycles. The van der Waals surface area contributed by atoms with Gasteiger partial charge in [0.1, 0.15) is 6.34 Å². The molecule has 0 saturated heterocycles. The van der Waals surface area contributed by atoms with Gasteiger partial charge >= 0.3 is 0 Å². The number of hydrogen-bond donors (Lipinski definition) is 3. The van der Waals surface area contributed by atoms with Gasteiger partial charge in [-0.2, -0.15) is 0 Å². The molecular weight excluding hydrogens is 393 g/mol. The number of anilines is 4. The van der Waals surface area contributed by atoms with Gasteiger partial charge in [-0.3, -0.25) is 0 Å². The third kappa shape index (κ3) is 5.05. The van der Waals surface area contributed by atoms with Crippen molar-refractivity contribution in [2.24, 2.45) is 0 Å². The van der Waals surface area contributed by atoms with Crippen LogP contribution in [0.4, 0.5) is 22.7 Å². The SMILES string of the molecule is S=P(Nc1ccccc1)(Nc1ccccc1)c1ccc(Nc2ccccc2)cc1. The van der Waals surface area contributed by atoms with E-state index in [2.05, 4.69) is 39.8 Å². The molecule has 5 heteroatoms. The highest BCUT2D eigenvalue weighted by Gasteiger charge is 2.20. The van der Waals surface area contributed by atoms with Crippen LogP contribution in [0.1, 0.15) is 0 Å². The van der Waals surface area contributed by atoms with Crippen LogP contribution in [-0.2, 0) is 11.8 Å². The first-order chi connectivity index (χ1) is 14.2. The lowest BCUT2D eigenvalue weighted by Crippen LogP contribution is -2.18. The average Bonchev–Trinajstić information content (AvgIpc) is 2.76. The van der Waals surface area contributed by atoms with Crippen molar-refractivity contribution in [1.82, 2.24) is 0 Å². The molecule has 0 aromatic heterocycles. The van der Waals surface area contributed by atoms with Crippen molar-refractivity contribution in [3.63, 3.8) is 0 Å². The second-order valence-electron chi connectivity index (χ2n) is 6.60. The van der Waals surface area contributed by atoms with E-state index in [1.54, 1.807) is 0 Å². The van der Waals surface area contributed by atoms with Crippen LogP contribution in [0, 0.1) is 0 Å². The van der Waals surface area contributed by atoms with Crippen LogP contribution in [0.25, 0.3) is 0 Å². The Morgan fingerprint density at radius 3 is 1.28 bits per heavy atom. The van der Waals surface area contributed by atoms with Gasteiger partial charge in [0.15, 0.2) is 0 Å². The van der Waals surface area contributed by atoms with E-state index in [0.717, 1.165) is 28.1 Å². The summed E-state index contributed by atoms with van der Waals surface area (Å²) >= 11 is 6.17. The minimum Gasteiger partial charge on any atom is -0.356 e. The molecule has 0 aliphatic rings. The highest BCUT2D eigenvalue weighted by Crippen LogP contribution is 2.45. The third-order valence-corrected chi connectivity index (χ3v) is 7.77. The molecule has 0 unspecified atom stereocenters. The molecule has 0 radical (unpaired) electrons. The number of rotatable bonds is 7. The monoisotopic (exact) mass is 415 g/mol. The minimum absolute atomic E-state index is 1.01. The highest BCUT2D eigenvalue weighted by molar-refractivity contribution is 8.19. The maximum Gasteiger partial charge on any atom is 0.148 e. The lowest BCUT2D eigenvalue weighted by molar-refractivity contribution is 1.56. The topological polar surface area (TPSA) is 36.1 Å². The molecule has 0 saturated carbocycles. The Kier molecular flexibility index (Phi) is 5.95. The molecule has 4 rings (SSSR count). The van der Waals surface area contributed by atoms with Crippen molar-refractivity contribution in [1.29, 1.82) is 0 Å². The van der Waals surface area contributed by atoms with Crippen molar-refractivity contribution >= 4 is 46.2 Å². The Morgan fingerprint density at radius 1 is 0.448 bits per heavy atom. The summed E-state index contributed by atoms with van der Waals surface area (Å²) in [5.41, 5.74) is 4.10. The van der Waals surface area contributed by atoms with E-state index in [4.69, 9.17) is 11.8 Å². The van der Waals surface area contributed by atoms with E-state index >= 15 is 0 Å². The number of hydrogen-bond acceptors (Lipinski definition) is 2. The Bertz CT molecular complexity index is 1040. The third-order valence-electron chi connectivity index (χ3n) is 4.41. The minimum atomic E-state index is -2.31. The molecule has 0 bridgehead atoms. The van der Waals surface area contributed by atoms with Crippen LogP contribution in [0.15, 0.2) is 115 Å². The van der Waals surface area contributed by atoms with Gasteiger partial charge in [-0.25, -0.2) is 0 Å². The van der Waals surface area contributed by atoms with E-state index in [1.165, 1.54) is 0 Å². The molecule has 0 amide bonds. The van der Waals surface area contributed by atoms with E-state index < -0.39 is 6.34 Å². The zero-order valence-electron chi connectivity index (χ0n) is 15.8. The predicted octanol–water partition coefficient (Wildman–Crippen LogP) is 6.59. The lowest BCUT2D eigenvalue weighted by Gasteiger charge is -2.27. The molecule has 3 nitrogen and oxygen atoms in total. The molecule has 0 aliphatic heterocycles. The first kappa shape index (κ1) is 19.3. The van der Waals surface area contributed by atoms with Gasteiger partial charge in [-0.1, -0.05) is 54.6 Å². The summed E-state index contributed by atoms with van der Waals surface area (Å²) in [5.74, 6) is 0. The smallest absolute Gasteiger partial charge is 0.148 e. The molecule has 0 fully saturated rings. The van der Waals surface area contributed by atoms with Crippen LogP contribution < -0.4 is 20.8 Å². The summed E-state index contributed by atoms with van der Waals surface area (Å²) in [4.78, 5) is 0. The molecule has 144 valence electrons. The molecule has 29 heavy (non-hydrogen) atoms. The zero-order chi connectivity index (χ0) is 19.9. The largest absolute Gasteiger partial charge is 0.356 e. The maximum absolute atomic E-state index is 6.17. The highest BCUT2D eigenvalue weighted by atomic mass is 32.4. The molecule has 0 atom stereocenters. The number of para-hydroxylation sites is 3. The molecule has 0 aliphatic carbocycles. The molecule has 3 N–H and O–H groups in total. The number of benzene rings is 4. The van der Waals surface area contributed by atoms with Gasteiger partial charge in [-0.15, -0.1) is 0 Å². The first-order valence-corrected chi connectivity index (χ1v) is 12.2. The van der Waals surface area contributed by atoms with Crippen molar-refractivity contribution in [3.8, 4) is 0 Å². The maximum atomic E-state index is 6.17. The summed E-state index contributed by atoms with van der Waals surface area (Å²) < 4.78 is 0. The number of nitrogens with one attached hydrogen (secondary N) is 3. The van der Waals surface area contributed by atoms with Crippen molar-refractivity contribution in [3.05, 3.63) is 115 Å². The van der Waals surface area contributed by atoms with Gasteiger partial charge in [0.05, 0.1) is 0 Å². The second kappa shape index (κ2) is 8.95. The Balaban J connectivity index is 1.62. The zero-order valence-corrected chi connectivity index (χ0v) is 17.5. The summed E-state index contributed by atoms with van der Waals surface area (Å²) in [5, 5.41) is 11.7. The molecule has 0 heterocycles. The van der Waals surface area contributed by atoms with Gasteiger partial charge in [0, 0.05) is 28.1 Å². The van der Waals surface area contributed by atoms with E-state index in [1.807, 2.05) is 91.0 Å². The van der Waals surface area contributed by atoms with Crippen LogP contribution in [0.3, 0.4) is 0 Å². The standard InChI is InChI=1S/C24H22N3PS/c29-28(26-22-12-6-2-7-13-22,27-23-14-8-3-9-15-23)24-18-16-21(17-19-24)25-20-10-4-1-5-11-20/h1-19,25H,(H2,26,27,29). The van der Waals surface area contributed by atoms with E-state index in [-0.39, 0.29) is 0 Å². The van der Waals surface area contributed by atoms with Crippen LogP contribution in [-0.4, -0.2) is 0 Å². The van der Waals surface area contributed by atoms with Gasteiger partial charge in [-0.05, 0) is 72.5 Å². The summed E-state index contributed by atoms with van der Waals surface area (Å²) in [7, 11) is 0. The van der Waals surface area contributed by atoms with E-state index in [0.29, 0.717) is 0 Å². The normalized spacial score (nSPS) is 10.9. The summed E-state index contributed by atoms with van der Waals surface area (Å²) in [6.07, 6.45) is -2.31. The molecule has 0 spiro atoms. The Hall–Kier alpha value is -3.07. The Morgan fingerprint density at radius 2 is 0.828 bits per heavy atom. The van der Waals surface area contributed by atoms with Gasteiger partial charge in [0.2, 0.25) is 0 Å². The fraction of sp³-hybridized carbons (Fsp3) is 0. The summed E-state index contributed by atoms with van der Waals surface area (Å²) in [6, 6.07) is 38.7. The first-order valence-electron chi connectivity index (χ1n) is 9.41. The van der Waals surface area contributed by atoms with Crippen molar-refractivity contribution < 1.29 is 0 Å². The fourth-order valence-electron chi connectivity index (χ4n) is 2.99. The van der Waals surface area contributed by atoms with Gasteiger partial charge in [0.25, 0.3) is 0 Å². The quantitative estimate of drug-likeness (QED) is 0.298. The summed E-state index contributed by atoms with van der Waals surface area (Å²) in [6.45, 7) is 0. The van der Waals surface area contributed by atoms with Crippen molar-refractivity contribution in [2.75, 3.05) is 15.5 Å². The van der Waals surface area contributed by atoms with Crippen molar-refractivity contribution in [2.45, 2.75) is 0 Å². The Labute approximate surface area is 176 Å². The van der Waals surface area contributed by atoms with Gasteiger partial charge < -0.3 is 15.5 Å². The van der Waals surface area contributed by atoms with E-state index in [9.17, 15) is 0 Å².